The predicted molar refractivity (Wildman–Crippen MR) is 92.3 cm³/mol. The van der Waals surface area contributed by atoms with Crippen LogP contribution in [-0.4, -0.2) is 36.8 Å². The number of rotatable bonds is 7. The molecule has 0 amide bonds. The highest BCUT2D eigenvalue weighted by Gasteiger charge is 2.13. The van der Waals surface area contributed by atoms with E-state index in [1.165, 1.54) is 30.6 Å². The molecule has 2 aromatic heterocycles. The summed E-state index contributed by atoms with van der Waals surface area (Å²) >= 11 is 0. The minimum atomic E-state index is -3.62. The van der Waals surface area contributed by atoms with Crippen LogP contribution in [0.1, 0.15) is 0 Å². The van der Waals surface area contributed by atoms with Gasteiger partial charge in [-0.1, -0.05) is 0 Å². The lowest BCUT2D eigenvalue weighted by atomic mass is 10.1. The number of ether oxygens (including phenoxy) is 1. The third-order valence-electron chi connectivity index (χ3n) is 3.37. The van der Waals surface area contributed by atoms with Crippen molar-refractivity contribution >= 4 is 10.0 Å². The lowest BCUT2D eigenvalue weighted by Crippen LogP contribution is -2.28. The molecule has 0 spiro atoms. The first-order chi connectivity index (χ1) is 12.5. The van der Waals surface area contributed by atoms with Crippen LogP contribution in [0.15, 0.2) is 65.8 Å². The largest absolute Gasteiger partial charge is 0.475 e. The summed E-state index contributed by atoms with van der Waals surface area (Å²) in [7, 11) is -3.62. The number of hydrogen-bond acceptors (Lipinski definition) is 6. The smallest absolute Gasteiger partial charge is 0.242 e. The van der Waals surface area contributed by atoms with E-state index >= 15 is 0 Å². The third kappa shape index (κ3) is 4.58. The molecule has 0 radical (unpaired) electrons. The van der Waals surface area contributed by atoms with Crippen LogP contribution in [0.3, 0.4) is 0 Å². The quantitative estimate of drug-likeness (QED) is 0.636. The summed E-state index contributed by atoms with van der Waals surface area (Å²) in [5, 5.41) is 7.93. The Kier molecular flexibility index (Phi) is 5.49. The number of nitrogens with zero attached hydrogens (tertiary/aromatic N) is 3. The molecular weight excluding hydrogens is 359 g/mol. The summed E-state index contributed by atoms with van der Waals surface area (Å²) < 4.78 is 44.7. The van der Waals surface area contributed by atoms with Gasteiger partial charge in [0.2, 0.25) is 15.9 Å². The predicted octanol–water partition coefficient (Wildman–Crippen LogP) is 2.04. The van der Waals surface area contributed by atoms with Crippen molar-refractivity contribution in [3.63, 3.8) is 0 Å². The average molecular weight is 374 g/mol. The minimum absolute atomic E-state index is 0.0681. The maximum atomic E-state index is 12.9. The maximum Gasteiger partial charge on any atom is 0.242 e. The number of halogens is 1. The monoisotopic (exact) mass is 374 g/mol. The first-order valence-corrected chi connectivity index (χ1v) is 9.15. The molecule has 7 nitrogen and oxygen atoms in total. The van der Waals surface area contributed by atoms with Crippen molar-refractivity contribution in [1.29, 1.82) is 0 Å². The Morgan fingerprint density at radius 1 is 1.04 bits per heavy atom. The summed E-state index contributed by atoms with van der Waals surface area (Å²) in [5.41, 5.74) is 1.31. The topological polar surface area (TPSA) is 94.1 Å². The molecule has 0 bridgehead atoms. The standard InChI is InChI=1S/C17H15FN4O3S/c18-14-5-3-13(4-6-14)16-7-8-17(22-21-16)25-11-10-20-26(23,24)15-2-1-9-19-12-15/h1-9,12,20H,10-11H2. The van der Waals surface area contributed by atoms with E-state index in [1.54, 1.807) is 30.3 Å². The SMILES string of the molecule is O=S(=O)(NCCOc1ccc(-c2ccc(F)cc2)nn1)c1cccnc1. The van der Waals surface area contributed by atoms with Gasteiger partial charge >= 0.3 is 0 Å². The van der Waals surface area contributed by atoms with Crippen molar-refractivity contribution in [2.45, 2.75) is 4.90 Å². The van der Waals surface area contributed by atoms with E-state index in [1.807, 2.05) is 0 Å². The lowest BCUT2D eigenvalue weighted by molar-refractivity contribution is 0.307. The van der Waals surface area contributed by atoms with E-state index < -0.39 is 10.0 Å². The summed E-state index contributed by atoms with van der Waals surface area (Å²) in [4.78, 5) is 3.86. The van der Waals surface area contributed by atoms with Crippen molar-refractivity contribution in [3.8, 4) is 17.1 Å². The normalized spacial score (nSPS) is 11.3. The van der Waals surface area contributed by atoms with Gasteiger partial charge in [0, 0.05) is 30.6 Å². The fourth-order valence-electron chi connectivity index (χ4n) is 2.09. The molecule has 134 valence electrons. The fourth-order valence-corrected chi connectivity index (χ4v) is 3.07. The van der Waals surface area contributed by atoms with Crippen LogP contribution in [0, 0.1) is 5.82 Å². The molecule has 0 aliphatic rings. The Bertz CT molecular complexity index is 950. The molecule has 0 aliphatic heterocycles. The summed E-state index contributed by atoms with van der Waals surface area (Å²) in [6, 6.07) is 12.2. The van der Waals surface area contributed by atoms with Gasteiger partial charge in [0.25, 0.3) is 0 Å². The average Bonchev–Trinajstić information content (AvgIpc) is 2.67. The Balaban J connectivity index is 1.52. The van der Waals surface area contributed by atoms with E-state index in [9.17, 15) is 12.8 Å². The molecule has 0 atom stereocenters. The van der Waals surface area contributed by atoms with E-state index in [4.69, 9.17) is 4.74 Å². The highest BCUT2D eigenvalue weighted by molar-refractivity contribution is 7.89. The molecule has 0 fully saturated rings. The van der Waals surface area contributed by atoms with Gasteiger partial charge in [0.05, 0.1) is 5.69 Å². The van der Waals surface area contributed by atoms with Crippen molar-refractivity contribution in [1.82, 2.24) is 19.9 Å². The molecule has 0 saturated carbocycles. The molecule has 0 saturated heterocycles. The third-order valence-corrected chi connectivity index (χ3v) is 4.82. The number of nitrogens with one attached hydrogen (secondary N) is 1. The van der Waals surface area contributed by atoms with E-state index in [0.717, 1.165) is 5.56 Å². The van der Waals surface area contributed by atoms with Gasteiger partial charge in [-0.2, -0.15) is 0 Å². The van der Waals surface area contributed by atoms with E-state index in [2.05, 4.69) is 19.9 Å². The molecule has 9 heteroatoms. The van der Waals surface area contributed by atoms with Crippen LogP contribution >= 0.6 is 0 Å². The molecule has 3 rings (SSSR count). The Hall–Kier alpha value is -2.91. The Morgan fingerprint density at radius 3 is 2.50 bits per heavy atom. The highest BCUT2D eigenvalue weighted by atomic mass is 32.2. The number of benzene rings is 1. The first-order valence-electron chi connectivity index (χ1n) is 7.67. The second-order valence-electron chi connectivity index (χ2n) is 5.20. The van der Waals surface area contributed by atoms with Crippen molar-refractivity contribution in [3.05, 3.63) is 66.7 Å². The number of pyridine rings is 1. The van der Waals surface area contributed by atoms with Gasteiger partial charge in [0.15, 0.2) is 0 Å². The van der Waals surface area contributed by atoms with Gasteiger partial charge in [-0.3, -0.25) is 4.98 Å². The lowest BCUT2D eigenvalue weighted by Gasteiger charge is -2.08. The van der Waals surface area contributed by atoms with E-state index in [0.29, 0.717) is 5.69 Å². The van der Waals surface area contributed by atoms with Crippen LogP contribution in [0.5, 0.6) is 5.88 Å². The Labute approximate surface area is 149 Å². The molecule has 2 heterocycles. The molecule has 26 heavy (non-hydrogen) atoms. The molecule has 0 aliphatic carbocycles. The van der Waals surface area contributed by atoms with Gasteiger partial charge < -0.3 is 4.74 Å². The number of sulfonamides is 1. The second kappa shape index (κ2) is 7.98. The molecule has 1 N–H and O–H groups in total. The van der Waals surface area contributed by atoms with Crippen molar-refractivity contribution in [2.75, 3.05) is 13.2 Å². The summed E-state index contributed by atoms with van der Waals surface area (Å²) in [6.45, 7) is 0.155. The Morgan fingerprint density at radius 2 is 1.85 bits per heavy atom. The molecule has 3 aromatic rings. The van der Waals surface area contributed by atoms with Crippen LogP contribution in [-0.2, 0) is 10.0 Å². The molecule has 0 unspecified atom stereocenters. The summed E-state index contributed by atoms with van der Waals surface area (Å²) in [5.74, 6) is -0.0631. The zero-order valence-electron chi connectivity index (χ0n) is 13.5. The minimum Gasteiger partial charge on any atom is -0.475 e. The zero-order valence-corrected chi connectivity index (χ0v) is 14.4. The second-order valence-corrected chi connectivity index (χ2v) is 6.97. The van der Waals surface area contributed by atoms with Gasteiger partial charge in [-0.25, -0.2) is 17.5 Å². The highest BCUT2D eigenvalue weighted by Crippen LogP contribution is 2.18. The van der Waals surface area contributed by atoms with Gasteiger partial charge in [-0.05, 0) is 42.5 Å². The molecular formula is C17H15FN4O3S. The maximum absolute atomic E-state index is 12.9. The van der Waals surface area contributed by atoms with Gasteiger partial charge in [0.1, 0.15) is 17.3 Å². The van der Waals surface area contributed by atoms with Crippen molar-refractivity contribution < 1.29 is 17.5 Å². The van der Waals surface area contributed by atoms with Crippen LogP contribution in [0.4, 0.5) is 4.39 Å². The summed E-state index contributed by atoms with van der Waals surface area (Å²) in [6.07, 6.45) is 2.76. The zero-order chi connectivity index (χ0) is 18.4. The van der Waals surface area contributed by atoms with Gasteiger partial charge in [-0.15, -0.1) is 10.2 Å². The van der Waals surface area contributed by atoms with Crippen molar-refractivity contribution in [2.24, 2.45) is 0 Å². The van der Waals surface area contributed by atoms with Crippen LogP contribution in [0.2, 0.25) is 0 Å². The number of aromatic nitrogens is 3. The molecule has 1 aromatic carbocycles. The van der Waals surface area contributed by atoms with Crippen LogP contribution in [0.25, 0.3) is 11.3 Å². The number of hydrogen-bond donors (Lipinski definition) is 1. The van der Waals surface area contributed by atoms with E-state index in [-0.39, 0.29) is 29.7 Å². The fraction of sp³-hybridized carbons (Fsp3) is 0.118. The van der Waals surface area contributed by atoms with Crippen LogP contribution < -0.4 is 9.46 Å². The first kappa shape index (κ1) is 17.9.